The predicted octanol–water partition coefficient (Wildman–Crippen LogP) is -2.78. The van der Waals surface area contributed by atoms with Crippen molar-refractivity contribution in [1.82, 2.24) is 4.90 Å². The molecule has 0 atom stereocenters. The zero-order valence-corrected chi connectivity index (χ0v) is 8.57. The molecule has 0 unspecified atom stereocenters. The third-order valence-corrected chi connectivity index (χ3v) is 0.707. The fourth-order valence-electron chi connectivity index (χ4n) is 0.849. The third-order valence-electron chi connectivity index (χ3n) is 0.707. The van der Waals surface area contributed by atoms with E-state index in [1.807, 2.05) is 0 Å². The minimum absolute atomic E-state index is 0. The van der Waals surface area contributed by atoms with Gasteiger partial charge in [-0.3, -0.25) is 4.90 Å². The number of nitrogens with zero attached hydrogens (tertiary/aromatic N) is 2. The summed E-state index contributed by atoms with van der Waals surface area (Å²) in [6, 6.07) is 0. The highest BCUT2D eigenvalue weighted by Crippen LogP contribution is 1.89. The smallest absolute Gasteiger partial charge is 0.133 e. The topological polar surface area (TPSA) is 3.24 Å². The highest BCUT2D eigenvalue weighted by atomic mass is 79.9. The van der Waals surface area contributed by atoms with Gasteiger partial charge in [-0.05, 0) is 14.1 Å². The zero-order chi connectivity index (χ0) is 6.78. The molecule has 0 saturated heterocycles. The molecule has 0 aromatic rings. The molecule has 0 bridgehead atoms. The first-order chi connectivity index (χ1) is 3.42. The van der Waals surface area contributed by atoms with E-state index in [0.717, 1.165) is 11.2 Å². The van der Waals surface area contributed by atoms with Crippen LogP contribution in [0.15, 0.2) is 0 Å². The van der Waals surface area contributed by atoms with E-state index in [1.54, 1.807) is 0 Å². The van der Waals surface area contributed by atoms with Crippen LogP contribution in [0.3, 0.4) is 0 Å². The Balaban J connectivity index is 0. The number of halogens is 1. The van der Waals surface area contributed by atoms with Crippen LogP contribution in [0.4, 0.5) is 0 Å². The quantitative estimate of drug-likeness (QED) is 0.342. The molecule has 0 radical (unpaired) electrons. The van der Waals surface area contributed by atoms with Crippen LogP contribution in [0.5, 0.6) is 0 Å². The fourth-order valence-corrected chi connectivity index (χ4v) is 0.849. The van der Waals surface area contributed by atoms with E-state index in [9.17, 15) is 0 Å². The Hall–Kier alpha value is 0.400. The number of rotatable bonds is 2. The average Bonchev–Trinajstić information content (AvgIpc) is 1.21. The van der Waals surface area contributed by atoms with E-state index in [2.05, 4.69) is 40.1 Å². The normalized spacial score (nSPS) is 11.3. The highest BCUT2D eigenvalue weighted by Gasteiger charge is 2.05. The van der Waals surface area contributed by atoms with Crippen LogP contribution in [-0.4, -0.2) is 51.3 Å². The number of quaternary nitrogens is 1. The van der Waals surface area contributed by atoms with Gasteiger partial charge in [0, 0.05) is 0 Å². The first kappa shape index (κ1) is 12.1. The van der Waals surface area contributed by atoms with Crippen LogP contribution in [0.2, 0.25) is 0 Å². The molecule has 0 fully saturated rings. The Morgan fingerprint density at radius 2 is 1.44 bits per heavy atom. The van der Waals surface area contributed by atoms with Gasteiger partial charge in [0.05, 0.1) is 21.1 Å². The Labute approximate surface area is 68.8 Å². The van der Waals surface area contributed by atoms with Crippen LogP contribution in [-0.2, 0) is 0 Å². The van der Waals surface area contributed by atoms with Crippen molar-refractivity contribution in [3.8, 4) is 0 Å². The predicted molar refractivity (Wildman–Crippen MR) is 36.6 cm³/mol. The fraction of sp³-hybridized carbons (Fsp3) is 1.00. The summed E-state index contributed by atoms with van der Waals surface area (Å²) in [5.41, 5.74) is 0. The number of hydrogen-bond donors (Lipinski definition) is 0. The Kier molecular flexibility index (Phi) is 5.72. The first-order valence-electron chi connectivity index (χ1n) is 2.87. The van der Waals surface area contributed by atoms with Gasteiger partial charge in [-0.15, -0.1) is 0 Å². The van der Waals surface area contributed by atoms with Crippen molar-refractivity contribution in [2.45, 2.75) is 0 Å². The second-order valence-electron chi connectivity index (χ2n) is 3.51. The minimum atomic E-state index is 0. The maximum atomic E-state index is 2.18. The van der Waals surface area contributed by atoms with E-state index in [1.165, 1.54) is 0 Å². The number of hydrogen-bond acceptors (Lipinski definition) is 1. The molecule has 0 saturated carbocycles. The van der Waals surface area contributed by atoms with Crippen LogP contribution in [0.25, 0.3) is 0 Å². The first-order valence-corrected chi connectivity index (χ1v) is 2.87. The molecule has 0 aliphatic heterocycles. The molecular formula is C6H17BrN2. The lowest BCUT2D eigenvalue weighted by molar-refractivity contribution is -0.880. The maximum Gasteiger partial charge on any atom is 0.133 e. The van der Waals surface area contributed by atoms with Gasteiger partial charge in [0.2, 0.25) is 0 Å². The lowest BCUT2D eigenvalue weighted by atomic mass is 10.6. The molecule has 0 aromatic heterocycles. The highest BCUT2D eigenvalue weighted by molar-refractivity contribution is 4.23. The van der Waals surface area contributed by atoms with Crippen molar-refractivity contribution in [3.05, 3.63) is 0 Å². The molecule has 3 heteroatoms. The van der Waals surface area contributed by atoms with Crippen LogP contribution >= 0.6 is 0 Å². The average molecular weight is 197 g/mol. The van der Waals surface area contributed by atoms with Gasteiger partial charge in [-0.25, -0.2) is 0 Å². The molecule has 0 amide bonds. The molecule has 0 spiro atoms. The maximum absolute atomic E-state index is 2.18. The van der Waals surface area contributed by atoms with Crippen molar-refractivity contribution >= 4 is 0 Å². The van der Waals surface area contributed by atoms with Gasteiger partial charge >= 0.3 is 0 Å². The van der Waals surface area contributed by atoms with Gasteiger partial charge < -0.3 is 21.5 Å². The standard InChI is InChI=1S/C6H17N2.BrH/c1-7(2)6-8(3,4)5;/h6H2,1-5H3;1H/q+1;/p-1. The summed E-state index contributed by atoms with van der Waals surface area (Å²) in [7, 11) is 10.7. The van der Waals surface area contributed by atoms with E-state index < -0.39 is 0 Å². The summed E-state index contributed by atoms with van der Waals surface area (Å²) < 4.78 is 1.01. The lowest BCUT2D eigenvalue weighted by Gasteiger charge is -2.27. The molecule has 0 rings (SSSR count). The van der Waals surface area contributed by atoms with E-state index in [-0.39, 0.29) is 17.0 Å². The largest absolute Gasteiger partial charge is 1.00 e. The van der Waals surface area contributed by atoms with Gasteiger partial charge in [0.1, 0.15) is 6.67 Å². The lowest BCUT2D eigenvalue weighted by Crippen LogP contribution is -3.00. The Morgan fingerprint density at radius 3 is 1.44 bits per heavy atom. The van der Waals surface area contributed by atoms with Gasteiger partial charge in [0.25, 0.3) is 0 Å². The van der Waals surface area contributed by atoms with Gasteiger partial charge in [-0.1, -0.05) is 0 Å². The van der Waals surface area contributed by atoms with Crippen molar-refractivity contribution < 1.29 is 21.5 Å². The molecule has 9 heavy (non-hydrogen) atoms. The van der Waals surface area contributed by atoms with Crippen LogP contribution < -0.4 is 17.0 Å². The second kappa shape index (κ2) is 4.25. The molecule has 0 aliphatic rings. The second-order valence-corrected chi connectivity index (χ2v) is 3.51. The van der Waals surface area contributed by atoms with E-state index in [0.29, 0.717) is 0 Å². The van der Waals surface area contributed by atoms with E-state index >= 15 is 0 Å². The van der Waals surface area contributed by atoms with Crippen LogP contribution in [0, 0.1) is 0 Å². The summed E-state index contributed by atoms with van der Waals surface area (Å²) in [5.74, 6) is 0. The molecule has 0 N–H and O–H groups in total. The van der Waals surface area contributed by atoms with Crippen LogP contribution in [0.1, 0.15) is 0 Å². The molecule has 2 nitrogen and oxygen atoms in total. The van der Waals surface area contributed by atoms with Gasteiger partial charge in [0.15, 0.2) is 0 Å². The summed E-state index contributed by atoms with van der Waals surface area (Å²) in [5, 5.41) is 0. The summed E-state index contributed by atoms with van der Waals surface area (Å²) in [6.45, 7) is 1.10. The molecule has 58 valence electrons. The zero-order valence-electron chi connectivity index (χ0n) is 6.98. The minimum Gasteiger partial charge on any atom is -1.00 e. The molecule has 0 aromatic carbocycles. The summed E-state index contributed by atoms with van der Waals surface area (Å²) in [6.07, 6.45) is 0. The Morgan fingerprint density at radius 1 is 1.11 bits per heavy atom. The Bertz CT molecular complexity index is 65.9. The third kappa shape index (κ3) is 11.8. The van der Waals surface area contributed by atoms with Crippen molar-refractivity contribution in [2.24, 2.45) is 0 Å². The molecular weight excluding hydrogens is 180 g/mol. The summed E-state index contributed by atoms with van der Waals surface area (Å²) >= 11 is 0. The van der Waals surface area contributed by atoms with Crippen molar-refractivity contribution in [2.75, 3.05) is 41.9 Å². The molecule has 0 heterocycles. The summed E-state index contributed by atoms with van der Waals surface area (Å²) in [4.78, 5) is 2.18. The van der Waals surface area contributed by atoms with Crippen molar-refractivity contribution in [1.29, 1.82) is 0 Å². The van der Waals surface area contributed by atoms with Crippen molar-refractivity contribution in [3.63, 3.8) is 0 Å². The monoisotopic (exact) mass is 196 g/mol. The van der Waals surface area contributed by atoms with E-state index in [4.69, 9.17) is 0 Å². The SMILES string of the molecule is CN(C)C[N+](C)(C)C.[Br-]. The van der Waals surface area contributed by atoms with Gasteiger partial charge in [-0.2, -0.15) is 0 Å². The molecule has 0 aliphatic carbocycles.